The number of aliphatic hydroxyl groups is 1. The Morgan fingerprint density at radius 3 is 2.42 bits per heavy atom. The minimum absolute atomic E-state index is 0.000672. The third-order valence-corrected chi connectivity index (χ3v) is 2.50. The summed E-state index contributed by atoms with van der Waals surface area (Å²) in [6.07, 6.45) is 0.650. The van der Waals surface area contributed by atoms with Gasteiger partial charge in [0.15, 0.2) is 0 Å². The Bertz CT molecular complexity index is 385. The fourth-order valence-electron chi connectivity index (χ4n) is 1.72. The third kappa shape index (κ3) is 6.82. The van der Waals surface area contributed by atoms with Crippen LogP contribution < -0.4 is 10.1 Å². The number of nitrogens with one attached hydrogen (secondary N) is 1. The Hall–Kier alpha value is -1.55. The Balaban J connectivity index is 2.32. The van der Waals surface area contributed by atoms with Crippen LogP contribution in [-0.2, 0) is 11.2 Å². The highest BCUT2D eigenvalue weighted by Gasteiger charge is 2.04. The van der Waals surface area contributed by atoms with Gasteiger partial charge in [0.25, 0.3) is 0 Å². The van der Waals surface area contributed by atoms with Gasteiger partial charge in [-0.2, -0.15) is 0 Å². The summed E-state index contributed by atoms with van der Waals surface area (Å²) in [7, 11) is 0. The van der Waals surface area contributed by atoms with Crippen LogP contribution in [0, 0.1) is 0 Å². The molecule has 4 nitrogen and oxygen atoms in total. The van der Waals surface area contributed by atoms with E-state index >= 15 is 0 Å². The molecule has 0 aliphatic heterocycles. The second-order valence-electron chi connectivity index (χ2n) is 5.02. The molecule has 1 aromatic rings. The van der Waals surface area contributed by atoms with E-state index in [9.17, 15) is 9.90 Å². The maximum atomic E-state index is 11.4. The van der Waals surface area contributed by atoms with Crippen LogP contribution in [0.15, 0.2) is 24.3 Å². The van der Waals surface area contributed by atoms with E-state index in [4.69, 9.17) is 4.74 Å². The lowest BCUT2D eigenvalue weighted by Crippen LogP contribution is -2.31. The summed E-state index contributed by atoms with van der Waals surface area (Å²) in [6, 6.07) is 7.73. The predicted molar refractivity (Wildman–Crippen MR) is 75.2 cm³/mol. The predicted octanol–water partition coefficient (Wildman–Crippen LogP) is 1.90. The standard InChI is InChI=1S/C15H23NO3/c1-11(2)16-15(18)8-9-19-14-6-4-13(5-7-14)10-12(3)17/h4-7,11-12,17H,8-10H2,1-3H3,(H,16,18). The molecule has 106 valence electrons. The SMILES string of the molecule is CC(O)Cc1ccc(OCCC(=O)NC(C)C)cc1. The van der Waals surface area contributed by atoms with Gasteiger partial charge < -0.3 is 15.2 Å². The minimum Gasteiger partial charge on any atom is -0.493 e. The Morgan fingerprint density at radius 2 is 1.89 bits per heavy atom. The van der Waals surface area contributed by atoms with Crippen molar-refractivity contribution in [1.29, 1.82) is 0 Å². The minimum atomic E-state index is -0.341. The van der Waals surface area contributed by atoms with Gasteiger partial charge in [-0.25, -0.2) is 0 Å². The molecule has 1 rings (SSSR count). The topological polar surface area (TPSA) is 58.6 Å². The van der Waals surface area contributed by atoms with Gasteiger partial charge in [0.1, 0.15) is 5.75 Å². The fourth-order valence-corrected chi connectivity index (χ4v) is 1.72. The van der Waals surface area contributed by atoms with Crippen molar-refractivity contribution in [3.63, 3.8) is 0 Å². The zero-order chi connectivity index (χ0) is 14.3. The molecule has 0 spiro atoms. The lowest BCUT2D eigenvalue weighted by atomic mass is 10.1. The molecule has 4 heteroatoms. The van der Waals surface area contributed by atoms with Crippen LogP contribution >= 0.6 is 0 Å². The van der Waals surface area contributed by atoms with Gasteiger partial charge in [-0.15, -0.1) is 0 Å². The molecule has 0 radical (unpaired) electrons. The van der Waals surface area contributed by atoms with Crippen LogP contribution in [0.4, 0.5) is 0 Å². The van der Waals surface area contributed by atoms with Crippen LogP contribution in [0.25, 0.3) is 0 Å². The van der Waals surface area contributed by atoms with Gasteiger partial charge in [-0.1, -0.05) is 12.1 Å². The van der Waals surface area contributed by atoms with Crippen molar-refractivity contribution in [3.8, 4) is 5.75 Å². The first-order chi connectivity index (χ1) is 8.97. The number of benzene rings is 1. The van der Waals surface area contributed by atoms with Crippen molar-refractivity contribution in [2.45, 2.75) is 45.8 Å². The van der Waals surface area contributed by atoms with E-state index in [1.165, 1.54) is 0 Å². The second kappa shape index (κ2) is 7.79. The second-order valence-corrected chi connectivity index (χ2v) is 5.02. The summed E-state index contributed by atoms with van der Waals surface area (Å²) in [5.74, 6) is 0.743. The van der Waals surface area contributed by atoms with Crippen LogP contribution in [-0.4, -0.2) is 29.8 Å². The molecule has 0 aliphatic carbocycles. The highest BCUT2D eigenvalue weighted by Crippen LogP contribution is 2.13. The number of ether oxygens (including phenoxy) is 1. The molecule has 0 saturated heterocycles. The van der Waals surface area contributed by atoms with Crippen molar-refractivity contribution < 1.29 is 14.6 Å². The Morgan fingerprint density at radius 1 is 1.26 bits per heavy atom. The normalized spacial score (nSPS) is 12.3. The van der Waals surface area contributed by atoms with Crippen LogP contribution in [0.5, 0.6) is 5.75 Å². The smallest absolute Gasteiger partial charge is 0.223 e. The van der Waals surface area contributed by atoms with E-state index in [0.29, 0.717) is 19.4 Å². The molecule has 0 heterocycles. The number of rotatable bonds is 7. The molecule has 1 aromatic carbocycles. The average Bonchev–Trinajstić information content (AvgIpc) is 2.29. The monoisotopic (exact) mass is 265 g/mol. The van der Waals surface area contributed by atoms with Crippen molar-refractivity contribution in [2.75, 3.05) is 6.61 Å². The summed E-state index contributed by atoms with van der Waals surface area (Å²) >= 11 is 0. The number of hydrogen-bond donors (Lipinski definition) is 2. The molecule has 2 N–H and O–H groups in total. The maximum absolute atomic E-state index is 11.4. The number of amides is 1. The Labute approximate surface area is 114 Å². The van der Waals surface area contributed by atoms with Crippen molar-refractivity contribution >= 4 is 5.91 Å². The molecular formula is C15H23NO3. The maximum Gasteiger partial charge on any atom is 0.223 e. The molecule has 1 atom stereocenters. The first-order valence-electron chi connectivity index (χ1n) is 6.66. The van der Waals surface area contributed by atoms with Crippen molar-refractivity contribution in [3.05, 3.63) is 29.8 Å². The van der Waals surface area contributed by atoms with Crippen molar-refractivity contribution in [2.24, 2.45) is 0 Å². The number of carbonyl (C=O) groups excluding carboxylic acids is 1. The van der Waals surface area contributed by atoms with Gasteiger partial charge in [0.2, 0.25) is 5.91 Å². The molecule has 0 aromatic heterocycles. The van der Waals surface area contributed by atoms with E-state index in [2.05, 4.69) is 5.32 Å². The molecule has 0 aliphatic rings. The fraction of sp³-hybridized carbons (Fsp3) is 0.533. The van der Waals surface area contributed by atoms with Gasteiger partial charge in [-0.05, 0) is 44.9 Å². The summed E-state index contributed by atoms with van der Waals surface area (Å²) in [5, 5.41) is 12.1. The largest absolute Gasteiger partial charge is 0.493 e. The van der Waals surface area contributed by atoms with Gasteiger partial charge in [-0.3, -0.25) is 4.79 Å². The zero-order valence-corrected chi connectivity index (χ0v) is 11.8. The summed E-state index contributed by atoms with van der Waals surface area (Å²) in [5.41, 5.74) is 1.07. The molecule has 19 heavy (non-hydrogen) atoms. The summed E-state index contributed by atoms with van der Waals surface area (Å²) < 4.78 is 5.49. The van der Waals surface area contributed by atoms with E-state index < -0.39 is 0 Å². The third-order valence-electron chi connectivity index (χ3n) is 2.50. The first-order valence-corrected chi connectivity index (χ1v) is 6.66. The number of aliphatic hydroxyl groups excluding tert-OH is 1. The van der Waals surface area contributed by atoms with E-state index in [0.717, 1.165) is 11.3 Å². The van der Waals surface area contributed by atoms with Crippen molar-refractivity contribution in [1.82, 2.24) is 5.32 Å². The van der Waals surface area contributed by atoms with Crippen LogP contribution in [0.1, 0.15) is 32.8 Å². The quantitative estimate of drug-likeness (QED) is 0.791. The number of hydrogen-bond acceptors (Lipinski definition) is 3. The van der Waals surface area contributed by atoms with Gasteiger partial charge in [0, 0.05) is 6.04 Å². The molecule has 1 amide bonds. The highest BCUT2D eigenvalue weighted by atomic mass is 16.5. The van der Waals surface area contributed by atoms with Crippen LogP contribution in [0.2, 0.25) is 0 Å². The lowest BCUT2D eigenvalue weighted by molar-refractivity contribution is -0.122. The summed E-state index contributed by atoms with van der Waals surface area (Å²) in [6.45, 7) is 5.99. The highest BCUT2D eigenvalue weighted by molar-refractivity contribution is 5.76. The Kier molecular flexibility index (Phi) is 6.36. The number of carbonyl (C=O) groups is 1. The first kappa shape index (κ1) is 15.5. The lowest BCUT2D eigenvalue weighted by Gasteiger charge is -2.10. The average molecular weight is 265 g/mol. The molecule has 1 unspecified atom stereocenters. The molecule has 0 saturated carbocycles. The van der Waals surface area contributed by atoms with Gasteiger partial charge in [0.05, 0.1) is 19.1 Å². The van der Waals surface area contributed by atoms with Gasteiger partial charge >= 0.3 is 0 Å². The van der Waals surface area contributed by atoms with Crippen LogP contribution in [0.3, 0.4) is 0 Å². The van der Waals surface area contributed by atoms with E-state index in [1.54, 1.807) is 6.92 Å². The molecular weight excluding hydrogens is 242 g/mol. The van der Waals surface area contributed by atoms with E-state index in [-0.39, 0.29) is 18.1 Å². The molecule has 0 bridgehead atoms. The van der Waals surface area contributed by atoms with E-state index in [1.807, 2.05) is 38.1 Å². The summed E-state index contributed by atoms with van der Waals surface area (Å²) in [4.78, 5) is 11.4. The zero-order valence-electron chi connectivity index (χ0n) is 11.8. The molecule has 0 fully saturated rings.